The van der Waals surface area contributed by atoms with Gasteiger partial charge in [-0.2, -0.15) is 18.3 Å². The first-order valence-electron chi connectivity index (χ1n) is 3.30. The molecule has 0 N–H and O–H groups in total. The van der Waals surface area contributed by atoms with Crippen LogP contribution in [0, 0.1) is 0 Å². The Bertz CT molecular complexity index is 345. The minimum atomic E-state index is -4.78. The number of nitrogens with zero attached hydrogens (tertiary/aromatic N) is 2. The van der Waals surface area contributed by atoms with Gasteiger partial charge in [-0.15, -0.1) is 5.11 Å². The van der Waals surface area contributed by atoms with Crippen LogP contribution in [-0.4, -0.2) is 16.4 Å². The fourth-order valence-electron chi connectivity index (χ4n) is 0.931. The summed E-state index contributed by atoms with van der Waals surface area (Å²) in [6.45, 7) is 1.10. The van der Waals surface area contributed by atoms with E-state index in [1.54, 1.807) is 0 Å². The molecule has 0 fully saturated rings. The number of carbonyl (C=O) groups excluding carboxylic acids is 1. The normalized spacial score (nSPS) is 27.3. The van der Waals surface area contributed by atoms with Crippen LogP contribution in [0.25, 0.3) is 0 Å². The molecule has 0 saturated carbocycles. The van der Waals surface area contributed by atoms with Crippen molar-refractivity contribution in [2.75, 3.05) is 0 Å². The molecule has 0 aromatic rings. The molecule has 0 aromatic heterocycles. The molecule has 8 heteroatoms. The smallest absolute Gasteiger partial charge is 0.276 e. The van der Waals surface area contributed by atoms with E-state index in [2.05, 4.69) is 10.2 Å². The van der Waals surface area contributed by atoms with Crippen LogP contribution in [0.5, 0.6) is 0 Å². The highest BCUT2D eigenvalue weighted by molar-refractivity contribution is 6.68. The number of hydrogen-bond donors (Lipinski definition) is 0. The average Bonchev–Trinajstić information content (AvgIpc) is 2.23. The minimum absolute atomic E-state index is 0.840. The largest absolute Gasteiger partial charge is 0.435 e. The monoisotopic (exact) mass is 246 g/mol. The maximum Gasteiger partial charge on any atom is 0.435 e. The standard InChI is InChI=1S/C6H3Cl2F3N2O/c1-5(8)2(4(7)14)3(12-13-5)6(9,10)11/h1H3. The van der Waals surface area contributed by atoms with Crippen LogP contribution in [0.4, 0.5) is 13.2 Å². The van der Waals surface area contributed by atoms with E-state index in [1.807, 2.05) is 0 Å². The highest BCUT2D eigenvalue weighted by Gasteiger charge is 2.48. The zero-order chi connectivity index (χ0) is 11.1. The predicted molar refractivity (Wildman–Crippen MR) is 43.1 cm³/mol. The molecule has 0 bridgehead atoms. The second kappa shape index (κ2) is 3.20. The van der Waals surface area contributed by atoms with Gasteiger partial charge in [-0.1, -0.05) is 11.6 Å². The fraction of sp³-hybridized carbons (Fsp3) is 0.500. The SMILES string of the molecule is CC1(Cl)N=NC(C(F)(F)F)=C1C(=O)Cl. The van der Waals surface area contributed by atoms with Crippen LogP contribution in [-0.2, 0) is 4.79 Å². The Labute approximate surface area is 86.6 Å². The van der Waals surface area contributed by atoms with Crippen molar-refractivity contribution in [3.63, 3.8) is 0 Å². The first-order chi connectivity index (χ1) is 6.16. The molecule has 1 heterocycles. The third kappa shape index (κ3) is 1.90. The fourth-order valence-corrected chi connectivity index (χ4v) is 1.47. The van der Waals surface area contributed by atoms with E-state index in [4.69, 9.17) is 23.2 Å². The molecule has 1 aliphatic rings. The number of halogens is 5. The van der Waals surface area contributed by atoms with Gasteiger partial charge in [0.2, 0.25) is 0 Å². The number of hydrogen-bond acceptors (Lipinski definition) is 3. The Kier molecular flexibility index (Phi) is 2.62. The van der Waals surface area contributed by atoms with Crippen molar-refractivity contribution < 1.29 is 18.0 Å². The molecule has 1 atom stereocenters. The van der Waals surface area contributed by atoms with E-state index in [-0.39, 0.29) is 0 Å². The molecule has 1 aliphatic heterocycles. The van der Waals surface area contributed by atoms with E-state index < -0.39 is 27.7 Å². The molecule has 0 radical (unpaired) electrons. The Balaban J connectivity index is 3.32. The maximum atomic E-state index is 12.2. The summed E-state index contributed by atoms with van der Waals surface area (Å²) in [5, 5.41) is 4.61. The Morgan fingerprint density at radius 3 is 2.29 bits per heavy atom. The number of carbonyl (C=O) groups is 1. The Hall–Kier alpha value is -0.620. The number of allylic oxidation sites excluding steroid dienone is 1. The number of alkyl halides is 4. The van der Waals surface area contributed by atoms with Crippen LogP contribution in [0.1, 0.15) is 6.92 Å². The third-order valence-corrected chi connectivity index (χ3v) is 1.95. The van der Waals surface area contributed by atoms with Gasteiger partial charge in [0.25, 0.3) is 5.24 Å². The van der Waals surface area contributed by atoms with Gasteiger partial charge in [-0.05, 0) is 18.5 Å². The lowest BCUT2D eigenvalue weighted by atomic mass is 10.1. The van der Waals surface area contributed by atoms with Crippen LogP contribution in [0.2, 0.25) is 0 Å². The number of rotatable bonds is 1. The van der Waals surface area contributed by atoms with E-state index in [9.17, 15) is 18.0 Å². The summed E-state index contributed by atoms with van der Waals surface area (Å²) in [4.78, 5) is 8.89. The molecule has 0 aliphatic carbocycles. The van der Waals surface area contributed by atoms with Crippen molar-refractivity contribution in [3.8, 4) is 0 Å². The lowest BCUT2D eigenvalue weighted by Crippen LogP contribution is -2.22. The molecular weight excluding hydrogens is 244 g/mol. The minimum Gasteiger partial charge on any atom is -0.276 e. The summed E-state index contributed by atoms with van der Waals surface area (Å²) >= 11 is 10.5. The Morgan fingerprint density at radius 2 is 2.00 bits per heavy atom. The second-order valence-electron chi connectivity index (χ2n) is 2.65. The molecule has 1 unspecified atom stereocenters. The zero-order valence-electron chi connectivity index (χ0n) is 6.69. The van der Waals surface area contributed by atoms with Crippen LogP contribution >= 0.6 is 23.2 Å². The van der Waals surface area contributed by atoms with Crippen LogP contribution in [0.3, 0.4) is 0 Å². The first kappa shape index (κ1) is 11.5. The molecule has 3 nitrogen and oxygen atoms in total. The van der Waals surface area contributed by atoms with Gasteiger partial charge in [0.05, 0.1) is 5.57 Å². The molecule has 78 valence electrons. The topological polar surface area (TPSA) is 41.8 Å². The third-order valence-electron chi connectivity index (χ3n) is 1.50. The van der Waals surface area contributed by atoms with Gasteiger partial charge in [0.1, 0.15) is 0 Å². The first-order valence-corrected chi connectivity index (χ1v) is 4.05. The summed E-state index contributed by atoms with van der Waals surface area (Å²) < 4.78 is 36.7. The molecule has 1 rings (SSSR count). The summed E-state index contributed by atoms with van der Waals surface area (Å²) in [5.74, 6) is 0. The van der Waals surface area contributed by atoms with Crippen molar-refractivity contribution in [1.29, 1.82) is 0 Å². The van der Waals surface area contributed by atoms with Gasteiger partial charge in [-0.25, -0.2) is 0 Å². The van der Waals surface area contributed by atoms with Crippen molar-refractivity contribution in [3.05, 3.63) is 11.3 Å². The highest BCUT2D eigenvalue weighted by atomic mass is 35.5. The molecule has 14 heavy (non-hydrogen) atoms. The average molecular weight is 247 g/mol. The summed E-state index contributed by atoms with van der Waals surface area (Å²) in [6.07, 6.45) is -4.78. The van der Waals surface area contributed by atoms with Crippen molar-refractivity contribution in [2.24, 2.45) is 10.2 Å². The zero-order valence-corrected chi connectivity index (χ0v) is 8.20. The van der Waals surface area contributed by atoms with Crippen LogP contribution < -0.4 is 0 Å². The van der Waals surface area contributed by atoms with Crippen LogP contribution in [0.15, 0.2) is 21.5 Å². The van der Waals surface area contributed by atoms with Gasteiger partial charge in [-0.3, -0.25) is 4.79 Å². The summed E-state index contributed by atoms with van der Waals surface area (Å²) in [5.41, 5.74) is -2.27. The van der Waals surface area contributed by atoms with E-state index >= 15 is 0 Å². The van der Waals surface area contributed by atoms with E-state index in [0.29, 0.717) is 0 Å². The van der Waals surface area contributed by atoms with Gasteiger partial charge >= 0.3 is 6.18 Å². The molecule has 0 amide bonds. The van der Waals surface area contributed by atoms with E-state index in [0.717, 1.165) is 6.92 Å². The highest BCUT2D eigenvalue weighted by Crippen LogP contribution is 2.43. The maximum absolute atomic E-state index is 12.2. The lowest BCUT2D eigenvalue weighted by molar-refractivity contribution is -0.111. The van der Waals surface area contributed by atoms with Crippen molar-refractivity contribution in [2.45, 2.75) is 18.1 Å². The summed E-state index contributed by atoms with van der Waals surface area (Å²) in [7, 11) is 0. The molecular formula is C6H3Cl2F3N2O. The molecule has 0 aromatic carbocycles. The van der Waals surface area contributed by atoms with Gasteiger partial charge in [0, 0.05) is 0 Å². The summed E-state index contributed by atoms with van der Waals surface area (Å²) in [6, 6.07) is 0. The quantitative estimate of drug-likeness (QED) is 0.399. The van der Waals surface area contributed by atoms with E-state index in [1.165, 1.54) is 0 Å². The molecule has 0 spiro atoms. The van der Waals surface area contributed by atoms with Crippen molar-refractivity contribution >= 4 is 28.4 Å². The predicted octanol–water partition coefficient (Wildman–Crippen LogP) is 2.99. The second-order valence-corrected chi connectivity index (χ2v) is 3.73. The Morgan fingerprint density at radius 1 is 1.50 bits per heavy atom. The van der Waals surface area contributed by atoms with Gasteiger partial charge < -0.3 is 0 Å². The van der Waals surface area contributed by atoms with Gasteiger partial charge in [0.15, 0.2) is 10.7 Å². The lowest BCUT2D eigenvalue weighted by Gasteiger charge is -2.12. The number of azo groups is 1. The molecule has 0 saturated heterocycles. The van der Waals surface area contributed by atoms with Crippen molar-refractivity contribution in [1.82, 2.24) is 0 Å².